The molecule has 0 spiro atoms. The average Bonchev–Trinajstić information content (AvgIpc) is 2.87. The molecule has 1 aromatic rings. The summed E-state index contributed by atoms with van der Waals surface area (Å²) < 4.78 is 4.99. The van der Waals surface area contributed by atoms with Gasteiger partial charge in [-0.05, 0) is 31.7 Å². The van der Waals surface area contributed by atoms with Gasteiger partial charge in [-0.3, -0.25) is 4.79 Å². The Kier molecular flexibility index (Phi) is 4.97. The number of amides is 1. The number of nitrogens with zero attached hydrogens (tertiary/aromatic N) is 1. The molecule has 0 radical (unpaired) electrons. The maximum atomic E-state index is 12.1. The number of carbonyl (C=O) groups is 1. The van der Waals surface area contributed by atoms with E-state index in [1.54, 1.807) is 7.11 Å². The minimum absolute atomic E-state index is 0.233. The molecule has 1 amide bonds. The van der Waals surface area contributed by atoms with Gasteiger partial charge in [-0.2, -0.15) is 0 Å². The molecule has 0 bridgehead atoms. The van der Waals surface area contributed by atoms with Crippen LogP contribution in [0.15, 0.2) is 24.3 Å². The number of carbonyl (C=O) groups excluding carboxylic acids is 1. The minimum atomic E-state index is 0.233. The summed E-state index contributed by atoms with van der Waals surface area (Å²) in [5.41, 5.74) is 2.60. The Hall–Kier alpha value is -1.35. The van der Waals surface area contributed by atoms with Crippen LogP contribution in [0.2, 0.25) is 0 Å². The fraction of sp³-hybridized carbons (Fsp3) is 0.562. The van der Waals surface area contributed by atoms with Gasteiger partial charge in [0.05, 0.1) is 13.0 Å². The molecule has 1 aliphatic rings. The van der Waals surface area contributed by atoms with E-state index >= 15 is 0 Å². The molecular weight excluding hydrogens is 238 g/mol. The smallest absolute Gasteiger partial charge is 0.225 e. The summed E-state index contributed by atoms with van der Waals surface area (Å²) in [4.78, 5) is 14.1. The predicted molar refractivity (Wildman–Crippen MR) is 76.1 cm³/mol. The molecule has 1 aliphatic heterocycles. The summed E-state index contributed by atoms with van der Waals surface area (Å²) in [6.07, 6.45) is 3.71. The molecule has 2 rings (SSSR count). The third kappa shape index (κ3) is 3.80. The number of aryl methyl sites for hydroxylation is 1. The van der Waals surface area contributed by atoms with E-state index in [0.717, 1.165) is 25.8 Å². The number of ether oxygens (including phenoxy) is 1. The van der Waals surface area contributed by atoms with Gasteiger partial charge in [0.25, 0.3) is 0 Å². The lowest BCUT2D eigenvalue weighted by Crippen LogP contribution is -2.37. The van der Waals surface area contributed by atoms with Gasteiger partial charge in [-0.15, -0.1) is 0 Å². The first-order valence-corrected chi connectivity index (χ1v) is 7.04. The quantitative estimate of drug-likeness (QED) is 0.815. The van der Waals surface area contributed by atoms with Crippen molar-refractivity contribution >= 4 is 5.91 Å². The lowest BCUT2D eigenvalue weighted by atomic mass is 10.0. The number of hydrogen-bond donors (Lipinski definition) is 0. The number of benzene rings is 1. The van der Waals surface area contributed by atoms with Crippen molar-refractivity contribution in [3.8, 4) is 0 Å². The van der Waals surface area contributed by atoms with Crippen molar-refractivity contribution < 1.29 is 9.53 Å². The zero-order valence-corrected chi connectivity index (χ0v) is 11.9. The molecule has 104 valence electrons. The Morgan fingerprint density at radius 1 is 1.37 bits per heavy atom. The Labute approximate surface area is 115 Å². The topological polar surface area (TPSA) is 29.5 Å². The van der Waals surface area contributed by atoms with Gasteiger partial charge < -0.3 is 9.64 Å². The number of likely N-dealkylation sites (tertiary alicyclic amines) is 1. The summed E-state index contributed by atoms with van der Waals surface area (Å²) in [6, 6.07) is 8.99. The van der Waals surface area contributed by atoms with Crippen molar-refractivity contribution in [3.63, 3.8) is 0 Å². The highest BCUT2D eigenvalue weighted by molar-refractivity contribution is 5.77. The molecule has 1 saturated heterocycles. The first-order valence-electron chi connectivity index (χ1n) is 7.04. The normalized spacial score (nSPS) is 18.8. The van der Waals surface area contributed by atoms with Crippen molar-refractivity contribution in [3.05, 3.63) is 35.4 Å². The SMILES string of the molecule is COCCC(=O)N1CCCC1Cc1ccc(C)cc1. The molecule has 19 heavy (non-hydrogen) atoms. The first-order chi connectivity index (χ1) is 9.20. The predicted octanol–water partition coefficient (Wildman–Crippen LogP) is 2.57. The van der Waals surface area contributed by atoms with Crippen molar-refractivity contribution in [1.82, 2.24) is 4.90 Å². The standard InChI is InChI=1S/C16H23NO2/c1-13-5-7-14(8-6-13)12-15-4-3-10-17(15)16(18)9-11-19-2/h5-8,15H,3-4,9-12H2,1-2H3. The monoisotopic (exact) mass is 261 g/mol. The van der Waals surface area contributed by atoms with Crippen LogP contribution in [0.3, 0.4) is 0 Å². The molecule has 3 nitrogen and oxygen atoms in total. The van der Waals surface area contributed by atoms with Crippen LogP contribution in [0.1, 0.15) is 30.4 Å². The average molecular weight is 261 g/mol. The van der Waals surface area contributed by atoms with Gasteiger partial charge in [0.2, 0.25) is 5.91 Å². The van der Waals surface area contributed by atoms with E-state index in [1.165, 1.54) is 11.1 Å². The molecule has 0 aromatic heterocycles. The zero-order chi connectivity index (χ0) is 13.7. The van der Waals surface area contributed by atoms with Gasteiger partial charge in [0.15, 0.2) is 0 Å². The van der Waals surface area contributed by atoms with Crippen molar-refractivity contribution in [2.24, 2.45) is 0 Å². The van der Waals surface area contributed by atoms with Crippen LogP contribution in [-0.4, -0.2) is 37.1 Å². The van der Waals surface area contributed by atoms with E-state index in [-0.39, 0.29) is 5.91 Å². The highest BCUT2D eigenvalue weighted by atomic mass is 16.5. The maximum Gasteiger partial charge on any atom is 0.225 e. The molecule has 0 N–H and O–H groups in total. The summed E-state index contributed by atoms with van der Waals surface area (Å²) in [5, 5.41) is 0. The number of rotatable bonds is 5. The van der Waals surface area contributed by atoms with Crippen LogP contribution >= 0.6 is 0 Å². The summed E-state index contributed by atoms with van der Waals surface area (Å²) in [5.74, 6) is 0.233. The molecule has 1 unspecified atom stereocenters. The van der Waals surface area contributed by atoms with E-state index in [9.17, 15) is 4.79 Å². The van der Waals surface area contributed by atoms with Gasteiger partial charge in [-0.1, -0.05) is 29.8 Å². The van der Waals surface area contributed by atoms with Crippen LogP contribution < -0.4 is 0 Å². The molecule has 1 atom stereocenters. The second-order valence-corrected chi connectivity index (χ2v) is 5.32. The summed E-state index contributed by atoms with van der Waals surface area (Å²) in [6.45, 7) is 3.52. The van der Waals surface area contributed by atoms with Crippen molar-refractivity contribution in [1.29, 1.82) is 0 Å². The third-order valence-corrected chi connectivity index (χ3v) is 3.81. The van der Waals surface area contributed by atoms with E-state index in [4.69, 9.17) is 4.74 Å². The second kappa shape index (κ2) is 6.71. The third-order valence-electron chi connectivity index (χ3n) is 3.81. The number of hydrogen-bond acceptors (Lipinski definition) is 2. The van der Waals surface area contributed by atoms with Crippen LogP contribution in [-0.2, 0) is 16.0 Å². The van der Waals surface area contributed by atoms with Crippen LogP contribution in [0.25, 0.3) is 0 Å². The molecule has 1 fully saturated rings. The Morgan fingerprint density at radius 2 is 2.11 bits per heavy atom. The molecular formula is C16H23NO2. The highest BCUT2D eigenvalue weighted by Gasteiger charge is 2.28. The van der Waals surface area contributed by atoms with Crippen molar-refractivity contribution in [2.75, 3.05) is 20.3 Å². The number of methoxy groups -OCH3 is 1. The Morgan fingerprint density at radius 3 is 2.79 bits per heavy atom. The van der Waals surface area contributed by atoms with E-state index in [0.29, 0.717) is 19.1 Å². The lowest BCUT2D eigenvalue weighted by molar-refractivity contribution is -0.132. The van der Waals surface area contributed by atoms with Gasteiger partial charge in [-0.25, -0.2) is 0 Å². The Bertz CT molecular complexity index is 413. The van der Waals surface area contributed by atoms with Crippen LogP contribution in [0, 0.1) is 6.92 Å². The van der Waals surface area contributed by atoms with Gasteiger partial charge >= 0.3 is 0 Å². The fourth-order valence-electron chi connectivity index (χ4n) is 2.71. The lowest BCUT2D eigenvalue weighted by Gasteiger charge is -2.25. The van der Waals surface area contributed by atoms with E-state index in [2.05, 4.69) is 31.2 Å². The molecule has 0 aliphatic carbocycles. The molecule has 3 heteroatoms. The highest BCUT2D eigenvalue weighted by Crippen LogP contribution is 2.22. The largest absolute Gasteiger partial charge is 0.384 e. The second-order valence-electron chi connectivity index (χ2n) is 5.32. The first kappa shape index (κ1) is 14.1. The molecule has 1 heterocycles. The van der Waals surface area contributed by atoms with E-state index in [1.807, 2.05) is 4.90 Å². The molecule has 0 saturated carbocycles. The zero-order valence-electron chi connectivity index (χ0n) is 11.9. The van der Waals surface area contributed by atoms with Crippen LogP contribution in [0.4, 0.5) is 0 Å². The van der Waals surface area contributed by atoms with E-state index < -0.39 is 0 Å². The summed E-state index contributed by atoms with van der Waals surface area (Å²) in [7, 11) is 1.64. The van der Waals surface area contributed by atoms with Crippen LogP contribution in [0.5, 0.6) is 0 Å². The fourth-order valence-corrected chi connectivity index (χ4v) is 2.71. The maximum absolute atomic E-state index is 12.1. The Balaban J connectivity index is 1.95. The minimum Gasteiger partial charge on any atom is -0.384 e. The summed E-state index contributed by atoms with van der Waals surface area (Å²) >= 11 is 0. The molecule has 1 aromatic carbocycles. The van der Waals surface area contributed by atoms with Crippen molar-refractivity contribution in [2.45, 2.75) is 38.6 Å². The van der Waals surface area contributed by atoms with Gasteiger partial charge in [0, 0.05) is 19.7 Å². The van der Waals surface area contributed by atoms with Gasteiger partial charge in [0.1, 0.15) is 0 Å².